The SMILES string of the molecule is Cc1cccc2nc(CCNc3ncnc4nc[nH]c34)n(-c3c(F)cccc3F)c(=O)c12. The molecule has 0 aliphatic heterocycles. The van der Waals surface area contributed by atoms with Crippen LogP contribution in [0.4, 0.5) is 14.6 Å². The van der Waals surface area contributed by atoms with E-state index in [-0.39, 0.29) is 12.2 Å². The number of fused-ring (bicyclic) bond motifs is 2. The van der Waals surface area contributed by atoms with Crippen LogP contribution in [0, 0.1) is 18.6 Å². The molecule has 0 unspecified atom stereocenters. The third kappa shape index (κ3) is 3.25. The predicted octanol–water partition coefficient (Wildman–Crippen LogP) is 3.29. The van der Waals surface area contributed by atoms with Crippen molar-refractivity contribution in [2.24, 2.45) is 0 Å². The molecule has 3 aromatic heterocycles. The van der Waals surface area contributed by atoms with Gasteiger partial charge in [0, 0.05) is 13.0 Å². The highest BCUT2D eigenvalue weighted by Crippen LogP contribution is 2.21. The lowest BCUT2D eigenvalue weighted by molar-refractivity contribution is 0.561. The van der Waals surface area contributed by atoms with Gasteiger partial charge < -0.3 is 10.3 Å². The highest BCUT2D eigenvalue weighted by Gasteiger charge is 2.20. The van der Waals surface area contributed by atoms with Crippen LogP contribution >= 0.6 is 0 Å². The molecule has 5 rings (SSSR count). The van der Waals surface area contributed by atoms with Gasteiger partial charge >= 0.3 is 0 Å². The van der Waals surface area contributed by atoms with Crippen LogP contribution in [0.3, 0.4) is 0 Å². The number of benzene rings is 2. The monoisotopic (exact) mass is 433 g/mol. The van der Waals surface area contributed by atoms with Gasteiger partial charge in [-0.1, -0.05) is 18.2 Å². The summed E-state index contributed by atoms with van der Waals surface area (Å²) < 4.78 is 30.3. The van der Waals surface area contributed by atoms with E-state index in [0.29, 0.717) is 40.0 Å². The second kappa shape index (κ2) is 7.80. The normalized spacial score (nSPS) is 11.3. The van der Waals surface area contributed by atoms with Gasteiger partial charge in [-0.25, -0.2) is 28.7 Å². The Morgan fingerprint density at radius 2 is 1.84 bits per heavy atom. The highest BCUT2D eigenvalue weighted by molar-refractivity contribution is 5.82. The molecule has 0 saturated heterocycles. The summed E-state index contributed by atoms with van der Waals surface area (Å²) in [6.07, 6.45) is 3.09. The summed E-state index contributed by atoms with van der Waals surface area (Å²) in [5.74, 6) is -0.938. The van der Waals surface area contributed by atoms with Crippen molar-refractivity contribution in [3.8, 4) is 5.69 Å². The molecule has 0 radical (unpaired) electrons. The minimum Gasteiger partial charge on any atom is -0.368 e. The molecule has 0 aliphatic carbocycles. The number of aromatic nitrogens is 6. The number of rotatable bonds is 5. The number of nitrogens with zero attached hydrogens (tertiary/aromatic N) is 5. The van der Waals surface area contributed by atoms with Crippen molar-refractivity contribution in [3.63, 3.8) is 0 Å². The summed E-state index contributed by atoms with van der Waals surface area (Å²) in [4.78, 5) is 33.3. The van der Waals surface area contributed by atoms with E-state index in [4.69, 9.17) is 0 Å². The first-order valence-corrected chi connectivity index (χ1v) is 9.88. The number of halogens is 2. The lowest BCUT2D eigenvalue weighted by atomic mass is 10.1. The maximum absolute atomic E-state index is 14.7. The first-order chi connectivity index (χ1) is 15.5. The summed E-state index contributed by atoms with van der Waals surface area (Å²) >= 11 is 0. The number of anilines is 1. The Balaban J connectivity index is 1.60. The Morgan fingerprint density at radius 1 is 1.06 bits per heavy atom. The molecule has 5 aromatic rings. The minimum absolute atomic E-state index is 0.201. The van der Waals surface area contributed by atoms with Crippen molar-refractivity contribution in [3.05, 3.63) is 82.4 Å². The summed E-state index contributed by atoms with van der Waals surface area (Å²) in [7, 11) is 0. The third-order valence-electron chi connectivity index (χ3n) is 5.20. The molecule has 32 heavy (non-hydrogen) atoms. The first-order valence-electron chi connectivity index (χ1n) is 9.88. The Labute approximate surface area is 180 Å². The topological polar surface area (TPSA) is 101 Å². The number of nitrogens with one attached hydrogen (secondary N) is 2. The van der Waals surface area contributed by atoms with Crippen molar-refractivity contribution in [2.45, 2.75) is 13.3 Å². The molecule has 10 heteroatoms. The second-order valence-electron chi connectivity index (χ2n) is 7.21. The Kier molecular flexibility index (Phi) is 4.81. The second-order valence-corrected chi connectivity index (χ2v) is 7.21. The van der Waals surface area contributed by atoms with Gasteiger partial charge in [-0.05, 0) is 30.7 Å². The number of H-pyrrole nitrogens is 1. The molecular formula is C22H17F2N7O. The summed E-state index contributed by atoms with van der Waals surface area (Å²) in [6.45, 7) is 2.06. The molecule has 2 N–H and O–H groups in total. The van der Waals surface area contributed by atoms with E-state index in [1.165, 1.54) is 18.7 Å². The zero-order valence-corrected chi connectivity index (χ0v) is 16.9. The molecule has 0 fully saturated rings. The largest absolute Gasteiger partial charge is 0.368 e. The molecule has 160 valence electrons. The van der Waals surface area contributed by atoms with E-state index in [1.807, 2.05) is 0 Å². The van der Waals surface area contributed by atoms with Crippen LogP contribution in [0.1, 0.15) is 11.4 Å². The van der Waals surface area contributed by atoms with Crippen molar-refractivity contribution in [1.29, 1.82) is 0 Å². The Bertz CT molecular complexity index is 1510. The number of hydrogen-bond acceptors (Lipinski definition) is 6. The summed E-state index contributed by atoms with van der Waals surface area (Å²) in [6, 6.07) is 8.75. The number of hydrogen-bond donors (Lipinski definition) is 2. The lowest BCUT2D eigenvalue weighted by Crippen LogP contribution is -2.27. The van der Waals surface area contributed by atoms with Crippen LogP contribution in [-0.2, 0) is 6.42 Å². The molecule has 2 aromatic carbocycles. The molecule has 0 amide bonds. The van der Waals surface area contributed by atoms with Crippen LogP contribution in [0.15, 0.2) is 53.8 Å². The molecule has 0 bridgehead atoms. The number of aryl methyl sites for hydroxylation is 1. The standard InChI is InChI=1S/C22H17F2N7O/c1-12-4-2-7-15-17(12)22(32)31(19-13(23)5-3-6-14(19)24)16(30-15)8-9-25-20-18-21(27-10-26-18)29-11-28-20/h2-7,10-11H,8-9H2,1H3,(H2,25,26,27,28,29). The maximum Gasteiger partial charge on any atom is 0.266 e. The lowest BCUT2D eigenvalue weighted by Gasteiger charge is -2.16. The number of imidazole rings is 1. The fourth-order valence-electron chi connectivity index (χ4n) is 3.73. The van der Waals surface area contributed by atoms with Crippen LogP contribution in [0.25, 0.3) is 27.8 Å². The zero-order chi connectivity index (χ0) is 22.2. The van der Waals surface area contributed by atoms with Gasteiger partial charge in [0.25, 0.3) is 5.56 Å². The maximum atomic E-state index is 14.7. The van der Waals surface area contributed by atoms with Crippen molar-refractivity contribution < 1.29 is 8.78 Å². The smallest absolute Gasteiger partial charge is 0.266 e. The van der Waals surface area contributed by atoms with E-state index < -0.39 is 22.9 Å². The molecule has 3 heterocycles. The van der Waals surface area contributed by atoms with E-state index in [1.54, 1.807) is 25.1 Å². The zero-order valence-electron chi connectivity index (χ0n) is 16.9. The van der Waals surface area contributed by atoms with E-state index in [2.05, 4.69) is 30.2 Å². The Morgan fingerprint density at radius 3 is 2.66 bits per heavy atom. The van der Waals surface area contributed by atoms with E-state index >= 15 is 0 Å². The fraction of sp³-hybridized carbons (Fsp3) is 0.136. The van der Waals surface area contributed by atoms with Gasteiger partial charge in [-0.3, -0.25) is 9.36 Å². The van der Waals surface area contributed by atoms with Crippen molar-refractivity contribution in [1.82, 2.24) is 29.5 Å². The molecule has 0 spiro atoms. The average Bonchev–Trinajstić information content (AvgIpc) is 3.25. The predicted molar refractivity (Wildman–Crippen MR) is 116 cm³/mol. The van der Waals surface area contributed by atoms with Crippen LogP contribution < -0.4 is 10.9 Å². The Hall–Kier alpha value is -4.21. The highest BCUT2D eigenvalue weighted by atomic mass is 19.1. The average molecular weight is 433 g/mol. The molecule has 0 aliphatic rings. The van der Waals surface area contributed by atoms with Gasteiger partial charge in [0.2, 0.25) is 0 Å². The third-order valence-corrected chi connectivity index (χ3v) is 5.20. The van der Waals surface area contributed by atoms with Crippen molar-refractivity contribution >= 4 is 27.9 Å². The summed E-state index contributed by atoms with van der Waals surface area (Å²) in [5, 5.41) is 3.46. The van der Waals surface area contributed by atoms with Crippen molar-refractivity contribution in [2.75, 3.05) is 11.9 Å². The minimum atomic E-state index is -0.842. The van der Waals surface area contributed by atoms with E-state index in [9.17, 15) is 13.6 Å². The van der Waals surface area contributed by atoms with Gasteiger partial charge in [-0.2, -0.15) is 0 Å². The molecular weight excluding hydrogens is 416 g/mol. The number of aromatic amines is 1. The quantitative estimate of drug-likeness (QED) is 0.441. The van der Waals surface area contributed by atoms with Crippen LogP contribution in [-0.4, -0.2) is 36.0 Å². The van der Waals surface area contributed by atoms with Gasteiger partial charge in [0.1, 0.15) is 35.0 Å². The van der Waals surface area contributed by atoms with Gasteiger partial charge in [0.05, 0.1) is 17.2 Å². The van der Waals surface area contributed by atoms with Gasteiger partial charge in [0.15, 0.2) is 11.5 Å². The van der Waals surface area contributed by atoms with Crippen LogP contribution in [0.2, 0.25) is 0 Å². The fourth-order valence-corrected chi connectivity index (χ4v) is 3.73. The van der Waals surface area contributed by atoms with Gasteiger partial charge in [-0.15, -0.1) is 0 Å². The molecule has 0 saturated carbocycles. The van der Waals surface area contributed by atoms with Crippen LogP contribution in [0.5, 0.6) is 0 Å². The molecule has 0 atom stereocenters. The molecule has 8 nitrogen and oxygen atoms in total. The number of para-hydroxylation sites is 1. The first kappa shape index (κ1) is 19.7. The summed E-state index contributed by atoms with van der Waals surface area (Å²) in [5.41, 5.74) is 1.32. The van der Waals surface area contributed by atoms with E-state index in [0.717, 1.165) is 16.7 Å².